The van der Waals surface area contributed by atoms with Gasteiger partial charge in [0.25, 0.3) is 10.1 Å². The van der Waals surface area contributed by atoms with Gasteiger partial charge in [0, 0.05) is 0 Å². The van der Waals surface area contributed by atoms with Crippen molar-refractivity contribution in [1.29, 1.82) is 0 Å². The number of carboxylic acids is 1. The Balaban J connectivity index is 5.09. The van der Waals surface area contributed by atoms with Gasteiger partial charge in [-0.05, 0) is 6.92 Å². The van der Waals surface area contributed by atoms with E-state index in [1.807, 2.05) is 0 Å². The molecular weight excluding hydrogens is 176 g/mol. The Morgan fingerprint density at radius 3 is 1.91 bits per heavy atom. The highest BCUT2D eigenvalue weighted by atomic mass is 32.2. The van der Waals surface area contributed by atoms with Gasteiger partial charge in [0.2, 0.25) is 4.75 Å². The second-order valence-electron chi connectivity index (χ2n) is 2.17. The van der Waals surface area contributed by atoms with Crippen molar-refractivity contribution in [2.24, 2.45) is 0 Å². The van der Waals surface area contributed by atoms with Gasteiger partial charge in [0.15, 0.2) is 0 Å². The van der Waals surface area contributed by atoms with E-state index < -0.39 is 27.4 Å². The molecule has 6 nitrogen and oxygen atoms in total. The van der Waals surface area contributed by atoms with E-state index in [-0.39, 0.29) is 0 Å². The Labute approximate surface area is 63.2 Å². The molecular formula is C4H8O6S. The molecule has 11 heavy (non-hydrogen) atoms. The van der Waals surface area contributed by atoms with Gasteiger partial charge in [0.1, 0.15) is 0 Å². The fraction of sp³-hybridized carbons (Fsp3) is 0.750. The first-order valence-corrected chi connectivity index (χ1v) is 4.01. The summed E-state index contributed by atoms with van der Waals surface area (Å²) in [5, 5.41) is 16.6. The zero-order valence-corrected chi connectivity index (χ0v) is 6.50. The van der Waals surface area contributed by atoms with Crippen molar-refractivity contribution >= 4 is 16.1 Å². The standard InChI is InChI=1S/C4H8O6S/c1-4(2-5,3(6)7)11(8,9)10/h5H,2H2,1H3,(H,6,7)(H,8,9,10). The number of carbonyl (C=O) groups is 1. The molecule has 66 valence electrons. The molecule has 0 radical (unpaired) electrons. The normalized spacial score (nSPS) is 17.4. The number of hydrogen-bond acceptors (Lipinski definition) is 4. The van der Waals surface area contributed by atoms with E-state index in [1.165, 1.54) is 0 Å². The molecule has 3 N–H and O–H groups in total. The summed E-state index contributed by atoms with van der Waals surface area (Å²) in [5.41, 5.74) is 0. The van der Waals surface area contributed by atoms with Crippen LogP contribution in [-0.2, 0) is 14.9 Å². The summed E-state index contributed by atoms with van der Waals surface area (Å²) in [5.74, 6) is -1.79. The zero-order chi connectivity index (χ0) is 9.28. The van der Waals surface area contributed by atoms with Crippen molar-refractivity contribution in [2.45, 2.75) is 11.7 Å². The predicted molar refractivity (Wildman–Crippen MR) is 34.7 cm³/mol. The summed E-state index contributed by atoms with van der Waals surface area (Å²) >= 11 is 0. The largest absolute Gasteiger partial charge is 0.480 e. The first-order chi connectivity index (χ1) is 4.75. The van der Waals surface area contributed by atoms with Crippen LogP contribution < -0.4 is 0 Å². The minimum atomic E-state index is -4.76. The molecule has 0 saturated heterocycles. The van der Waals surface area contributed by atoms with Crippen molar-refractivity contribution in [3.05, 3.63) is 0 Å². The van der Waals surface area contributed by atoms with Crippen LogP contribution in [0.15, 0.2) is 0 Å². The van der Waals surface area contributed by atoms with Crippen LogP contribution in [0, 0.1) is 0 Å². The molecule has 0 aliphatic heterocycles. The summed E-state index contributed by atoms with van der Waals surface area (Å²) in [6, 6.07) is 0. The maximum atomic E-state index is 10.3. The van der Waals surface area contributed by atoms with Gasteiger partial charge < -0.3 is 10.2 Å². The van der Waals surface area contributed by atoms with Crippen LogP contribution in [0.5, 0.6) is 0 Å². The van der Waals surface area contributed by atoms with Crippen molar-refractivity contribution in [3.8, 4) is 0 Å². The lowest BCUT2D eigenvalue weighted by Gasteiger charge is -2.17. The third-order valence-corrected chi connectivity index (χ3v) is 2.77. The third-order valence-electron chi connectivity index (χ3n) is 1.32. The van der Waals surface area contributed by atoms with E-state index in [4.69, 9.17) is 14.8 Å². The van der Waals surface area contributed by atoms with Gasteiger partial charge >= 0.3 is 5.97 Å². The Kier molecular flexibility index (Phi) is 2.60. The molecule has 0 saturated carbocycles. The van der Waals surface area contributed by atoms with Gasteiger partial charge in [-0.25, -0.2) is 0 Å². The molecule has 0 bridgehead atoms. The first kappa shape index (κ1) is 10.3. The van der Waals surface area contributed by atoms with E-state index in [0.29, 0.717) is 6.92 Å². The molecule has 0 aromatic carbocycles. The predicted octanol–water partition coefficient (Wildman–Crippen LogP) is -1.29. The third kappa shape index (κ3) is 1.67. The molecule has 0 aromatic rings. The number of aliphatic carboxylic acids is 1. The van der Waals surface area contributed by atoms with Crippen LogP contribution in [0.3, 0.4) is 0 Å². The highest BCUT2D eigenvalue weighted by Gasteiger charge is 2.45. The average molecular weight is 184 g/mol. The molecule has 7 heteroatoms. The second kappa shape index (κ2) is 2.76. The molecule has 0 aliphatic carbocycles. The average Bonchev–Trinajstić information content (AvgIpc) is 1.83. The van der Waals surface area contributed by atoms with E-state index >= 15 is 0 Å². The second-order valence-corrected chi connectivity index (χ2v) is 4.02. The molecule has 0 fully saturated rings. The van der Waals surface area contributed by atoms with Crippen LogP contribution in [0.25, 0.3) is 0 Å². The Morgan fingerprint density at radius 1 is 1.55 bits per heavy atom. The Hall–Kier alpha value is -0.660. The molecule has 1 unspecified atom stereocenters. The molecule has 0 amide bonds. The number of hydrogen-bond donors (Lipinski definition) is 3. The van der Waals surface area contributed by atoms with E-state index in [9.17, 15) is 13.2 Å². The Morgan fingerprint density at radius 2 is 1.91 bits per heavy atom. The minimum absolute atomic E-state index is 0.713. The van der Waals surface area contributed by atoms with Gasteiger partial charge in [-0.2, -0.15) is 8.42 Å². The molecule has 0 aliphatic rings. The van der Waals surface area contributed by atoms with Crippen LogP contribution in [0.2, 0.25) is 0 Å². The number of aliphatic hydroxyl groups excluding tert-OH is 1. The van der Waals surface area contributed by atoms with Crippen molar-refractivity contribution < 1.29 is 28.0 Å². The van der Waals surface area contributed by atoms with Gasteiger partial charge in [0.05, 0.1) is 6.61 Å². The van der Waals surface area contributed by atoms with Crippen molar-refractivity contribution in [3.63, 3.8) is 0 Å². The molecule has 0 spiro atoms. The number of aliphatic hydroxyl groups is 1. The van der Waals surface area contributed by atoms with Crippen molar-refractivity contribution in [2.75, 3.05) is 6.61 Å². The maximum Gasteiger partial charge on any atom is 0.329 e. The summed E-state index contributed by atoms with van der Waals surface area (Å²) in [7, 11) is -4.76. The quantitative estimate of drug-likeness (QED) is 0.470. The minimum Gasteiger partial charge on any atom is -0.480 e. The van der Waals surface area contributed by atoms with Crippen LogP contribution >= 0.6 is 0 Å². The number of carboxylic acid groups (broad SMARTS) is 1. The lowest BCUT2D eigenvalue weighted by molar-refractivity contribution is -0.140. The lowest BCUT2D eigenvalue weighted by atomic mass is 10.2. The molecule has 1 atom stereocenters. The highest BCUT2D eigenvalue weighted by molar-refractivity contribution is 7.88. The fourth-order valence-corrected chi connectivity index (χ4v) is 0.643. The van der Waals surface area contributed by atoms with Crippen LogP contribution in [0.1, 0.15) is 6.92 Å². The Bertz CT molecular complexity index is 254. The fourth-order valence-electron chi connectivity index (χ4n) is 0.260. The SMILES string of the molecule is CC(CO)(C(=O)O)S(=O)(=O)O. The van der Waals surface area contributed by atoms with E-state index in [0.717, 1.165) is 0 Å². The van der Waals surface area contributed by atoms with Crippen molar-refractivity contribution in [1.82, 2.24) is 0 Å². The van der Waals surface area contributed by atoms with E-state index in [1.54, 1.807) is 0 Å². The van der Waals surface area contributed by atoms with Crippen LogP contribution in [-0.4, -0.2) is 40.5 Å². The molecule has 0 rings (SSSR count). The number of rotatable bonds is 3. The molecule has 0 aromatic heterocycles. The van der Waals surface area contributed by atoms with Gasteiger partial charge in [-0.3, -0.25) is 9.35 Å². The van der Waals surface area contributed by atoms with Gasteiger partial charge in [-0.1, -0.05) is 0 Å². The summed E-state index contributed by atoms with van der Waals surface area (Å²) < 4.78 is 26.5. The summed E-state index contributed by atoms with van der Waals surface area (Å²) in [6.07, 6.45) is 0. The van der Waals surface area contributed by atoms with E-state index in [2.05, 4.69) is 0 Å². The zero-order valence-electron chi connectivity index (χ0n) is 5.68. The maximum absolute atomic E-state index is 10.3. The smallest absolute Gasteiger partial charge is 0.329 e. The summed E-state index contributed by atoms with van der Waals surface area (Å²) in [4.78, 5) is 10.2. The lowest BCUT2D eigenvalue weighted by Crippen LogP contribution is -2.46. The molecule has 0 heterocycles. The topological polar surface area (TPSA) is 112 Å². The highest BCUT2D eigenvalue weighted by Crippen LogP contribution is 2.14. The summed E-state index contributed by atoms with van der Waals surface area (Å²) in [6.45, 7) is -0.453. The van der Waals surface area contributed by atoms with Gasteiger partial charge in [-0.15, -0.1) is 0 Å². The first-order valence-electron chi connectivity index (χ1n) is 2.57. The monoisotopic (exact) mass is 184 g/mol. The van der Waals surface area contributed by atoms with Crippen LogP contribution in [0.4, 0.5) is 0 Å².